The molecular formula is C13H13BrClN3O2. The maximum Gasteiger partial charge on any atom is 0.308 e. The Morgan fingerprint density at radius 2 is 2.35 bits per heavy atom. The van der Waals surface area contributed by atoms with Crippen molar-refractivity contribution in [2.45, 2.75) is 25.2 Å². The predicted molar refractivity (Wildman–Crippen MR) is 77.8 cm³/mol. The zero-order chi connectivity index (χ0) is 14.3. The summed E-state index contributed by atoms with van der Waals surface area (Å²) in [5.74, 6) is 0.986. The summed E-state index contributed by atoms with van der Waals surface area (Å²) >= 11 is 9.53. The molecule has 1 aliphatic rings. The Bertz CT molecular complexity index is 673. The molecule has 2 atom stereocenters. The Morgan fingerprint density at radius 1 is 1.55 bits per heavy atom. The first kappa shape index (κ1) is 13.8. The average Bonchev–Trinajstić information content (AvgIpc) is 3.04. The molecule has 0 radical (unpaired) electrons. The van der Waals surface area contributed by atoms with Crippen LogP contribution in [0.5, 0.6) is 0 Å². The molecule has 0 amide bonds. The van der Waals surface area contributed by atoms with Gasteiger partial charge in [0.1, 0.15) is 15.9 Å². The third kappa shape index (κ3) is 2.20. The highest BCUT2D eigenvalue weighted by Crippen LogP contribution is 2.40. The highest BCUT2D eigenvalue weighted by Gasteiger charge is 2.34. The summed E-state index contributed by atoms with van der Waals surface area (Å²) in [5.41, 5.74) is 0.769. The van der Waals surface area contributed by atoms with E-state index in [2.05, 4.69) is 25.9 Å². The molecule has 0 bridgehead atoms. The van der Waals surface area contributed by atoms with Crippen molar-refractivity contribution in [3.63, 3.8) is 0 Å². The first-order valence-electron chi connectivity index (χ1n) is 6.37. The van der Waals surface area contributed by atoms with E-state index in [1.54, 1.807) is 6.20 Å². The molecule has 20 heavy (non-hydrogen) atoms. The van der Waals surface area contributed by atoms with Gasteiger partial charge >= 0.3 is 5.97 Å². The Balaban J connectivity index is 1.96. The fraction of sp³-hybridized carbons (Fsp3) is 0.462. The van der Waals surface area contributed by atoms with Crippen molar-refractivity contribution in [2.75, 3.05) is 7.11 Å². The van der Waals surface area contributed by atoms with Crippen molar-refractivity contribution in [3.8, 4) is 0 Å². The SMILES string of the molecule is COC(=O)C1CCC(c2nc(Br)c3c(Cl)nccn23)C1. The summed E-state index contributed by atoms with van der Waals surface area (Å²) in [6.07, 6.45) is 6.02. The molecule has 1 fully saturated rings. The van der Waals surface area contributed by atoms with Gasteiger partial charge < -0.3 is 4.74 Å². The second-order valence-electron chi connectivity index (χ2n) is 4.93. The van der Waals surface area contributed by atoms with Gasteiger partial charge in [-0.1, -0.05) is 11.6 Å². The summed E-state index contributed by atoms with van der Waals surface area (Å²) in [6.45, 7) is 0. The molecule has 2 heterocycles. The fourth-order valence-corrected chi connectivity index (χ4v) is 3.78. The van der Waals surface area contributed by atoms with Crippen LogP contribution < -0.4 is 0 Å². The minimum atomic E-state index is -0.132. The van der Waals surface area contributed by atoms with E-state index in [1.807, 2.05) is 10.6 Å². The van der Waals surface area contributed by atoms with Gasteiger partial charge in [-0.25, -0.2) is 9.97 Å². The minimum Gasteiger partial charge on any atom is -0.469 e. The number of aromatic nitrogens is 3. The van der Waals surface area contributed by atoms with Crippen LogP contribution in [-0.4, -0.2) is 27.4 Å². The van der Waals surface area contributed by atoms with E-state index >= 15 is 0 Å². The molecule has 0 aromatic carbocycles. The highest BCUT2D eigenvalue weighted by atomic mass is 79.9. The summed E-state index contributed by atoms with van der Waals surface area (Å²) in [6, 6.07) is 0. The van der Waals surface area contributed by atoms with Crippen LogP contribution >= 0.6 is 27.5 Å². The molecule has 5 nitrogen and oxygen atoms in total. The smallest absolute Gasteiger partial charge is 0.308 e. The lowest BCUT2D eigenvalue weighted by Gasteiger charge is -2.09. The van der Waals surface area contributed by atoms with Gasteiger partial charge in [-0.05, 0) is 35.2 Å². The van der Waals surface area contributed by atoms with Crippen molar-refractivity contribution >= 4 is 39.0 Å². The Morgan fingerprint density at radius 3 is 3.10 bits per heavy atom. The average molecular weight is 359 g/mol. The van der Waals surface area contributed by atoms with Crippen LogP contribution in [0.2, 0.25) is 5.15 Å². The number of nitrogens with zero attached hydrogens (tertiary/aromatic N) is 3. The molecule has 2 aromatic rings. The van der Waals surface area contributed by atoms with E-state index in [4.69, 9.17) is 16.3 Å². The second kappa shape index (κ2) is 5.33. The topological polar surface area (TPSA) is 56.5 Å². The lowest BCUT2D eigenvalue weighted by Crippen LogP contribution is -2.13. The molecule has 0 N–H and O–H groups in total. The molecule has 0 spiro atoms. The molecule has 106 valence electrons. The quantitative estimate of drug-likeness (QED) is 0.774. The van der Waals surface area contributed by atoms with Crippen LogP contribution in [-0.2, 0) is 9.53 Å². The number of hydrogen-bond acceptors (Lipinski definition) is 4. The Labute approximate surface area is 129 Å². The summed E-state index contributed by atoms with van der Waals surface area (Å²) in [5, 5.41) is 0.417. The monoisotopic (exact) mass is 357 g/mol. The minimum absolute atomic E-state index is 0.0339. The Kier molecular flexibility index (Phi) is 3.69. The molecule has 3 rings (SSSR count). The van der Waals surface area contributed by atoms with Crippen LogP contribution in [0.25, 0.3) is 5.52 Å². The summed E-state index contributed by atoms with van der Waals surface area (Å²) in [7, 11) is 1.43. The lowest BCUT2D eigenvalue weighted by molar-refractivity contribution is -0.145. The van der Waals surface area contributed by atoms with E-state index in [9.17, 15) is 4.79 Å². The number of esters is 1. The largest absolute Gasteiger partial charge is 0.469 e. The number of hydrogen-bond donors (Lipinski definition) is 0. The summed E-state index contributed by atoms with van der Waals surface area (Å²) < 4.78 is 7.46. The standard InChI is InChI=1S/C13H13BrClN3O2/c1-20-13(19)8-3-2-7(6-8)12-17-10(14)9-11(15)16-4-5-18(9)12/h4-5,7-8H,2-3,6H2,1H3. The van der Waals surface area contributed by atoms with Gasteiger partial charge in [0.2, 0.25) is 0 Å². The maximum atomic E-state index is 11.6. The number of halogens is 2. The normalized spacial score (nSPS) is 22.4. The molecule has 1 saturated carbocycles. The first-order valence-corrected chi connectivity index (χ1v) is 7.54. The third-order valence-electron chi connectivity index (χ3n) is 3.83. The zero-order valence-electron chi connectivity index (χ0n) is 10.8. The van der Waals surface area contributed by atoms with Crippen LogP contribution in [0.15, 0.2) is 17.0 Å². The van der Waals surface area contributed by atoms with Crippen molar-refractivity contribution in [3.05, 3.63) is 28.0 Å². The van der Waals surface area contributed by atoms with Gasteiger partial charge in [0.05, 0.1) is 13.0 Å². The lowest BCUT2D eigenvalue weighted by atomic mass is 10.0. The van der Waals surface area contributed by atoms with Crippen molar-refractivity contribution in [1.29, 1.82) is 0 Å². The molecule has 0 aliphatic heterocycles. The summed E-state index contributed by atoms with van der Waals surface area (Å²) in [4.78, 5) is 20.2. The van der Waals surface area contributed by atoms with Gasteiger partial charge in [-0.15, -0.1) is 0 Å². The molecule has 1 aliphatic carbocycles. The number of ether oxygens (including phenoxy) is 1. The predicted octanol–water partition coefficient (Wildman–Crippen LogP) is 3.20. The van der Waals surface area contributed by atoms with Crippen LogP contribution in [0, 0.1) is 5.92 Å². The van der Waals surface area contributed by atoms with Crippen LogP contribution in [0.4, 0.5) is 0 Å². The van der Waals surface area contributed by atoms with E-state index in [1.165, 1.54) is 7.11 Å². The highest BCUT2D eigenvalue weighted by molar-refractivity contribution is 9.10. The first-order chi connectivity index (χ1) is 9.61. The molecule has 2 unspecified atom stereocenters. The van der Waals surface area contributed by atoms with Crippen LogP contribution in [0.3, 0.4) is 0 Å². The second-order valence-corrected chi connectivity index (χ2v) is 6.04. The van der Waals surface area contributed by atoms with E-state index in [0.717, 1.165) is 30.6 Å². The molecule has 7 heteroatoms. The Hall–Kier alpha value is -1.14. The molecule has 0 saturated heterocycles. The fourth-order valence-electron chi connectivity index (χ4n) is 2.87. The number of imidazole rings is 1. The van der Waals surface area contributed by atoms with Crippen molar-refractivity contribution in [1.82, 2.24) is 14.4 Å². The van der Waals surface area contributed by atoms with Gasteiger partial charge in [0.25, 0.3) is 0 Å². The zero-order valence-corrected chi connectivity index (χ0v) is 13.2. The third-order valence-corrected chi connectivity index (χ3v) is 4.66. The van der Waals surface area contributed by atoms with E-state index in [-0.39, 0.29) is 17.8 Å². The van der Waals surface area contributed by atoms with Gasteiger partial charge in [0.15, 0.2) is 5.15 Å². The number of fused-ring (bicyclic) bond motifs is 1. The number of carbonyl (C=O) groups is 1. The van der Waals surface area contributed by atoms with E-state index < -0.39 is 0 Å². The van der Waals surface area contributed by atoms with Gasteiger partial charge in [-0.3, -0.25) is 9.20 Å². The van der Waals surface area contributed by atoms with E-state index in [0.29, 0.717) is 9.76 Å². The number of carbonyl (C=O) groups excluding carboxylic acids is 1. The van der Waals surface area contributed by atoms with Crippen molar-refractivity contribution in [2.24, 2.45) is 5.92 Å². The van der Waals surface area contributed by atoms with Crippen molar-refractivity contribution < 1.29 is 9.53 Å². The van der Waals surface area contributed by atoms with Gasteiger partial charge in [-0.2, -0.15) is 0 Å². The number of methoxy groups -OCH3 is 1. The van der Waals surface area contributed by atoms with Crippen LogP contribution in [0.1, 0.15) is 31.0 Å². The molecule has 2 aromatic heterocycles. The maximum absolute atomic E-state index is 11.6. The number of rotatable bonds is 2. The van der Waals surface area contributed by atoms with Gasteiger partial charge in [0, 0.05) is 18.3 Å². The molecular weight excluding hydrogens is 346 g/mol.